The van der Waals surface area contributed by atoms with E-state index in [1.165, 1.54) is 18.3 Å². The number of aromatic nitrogens is 1. The lowest BCUT2D eigenvalue weighted by molar-refractivity contribution is -0.136. The molecule has 0 saturated heterocycles. The monoisotopic (exact) mass is 395 g/mol. The highest BCUT2D eigenvalue weighted by Crippen LogP contribution is 2.36. The molecule has 2 N–H and O–H groups in total. The van der Waals surface area contributed by atoms with Gasteiger partial charge in [-0.15, -0.1) is 0 Å². The summed E-state index contributed by atoms with van der Waals surface area (Å²) in [5.41, 5.74) is -1.29. The number of carbonyl (C=O) groups is 1. The average molecular weight is 396 g/mol. The van der Waals surface area contributed by atoms with E-state index in [9.17, 15) is 18.0 Å². The van der Waals surface area contributed by atoms with Gasteiger partial charge in [0.25, 0.3) is 5.91 Å². The summed E-state index contributed by atoms with van der Waals surface area (Å²) in [7, 11) is 0. The molecule has 2 aromatic heterocycles. The molecule has 5 nitrogen and oxygen atoms in total. The van der Waals surface area contributed by atoms with Gasteiger partial charge < -0.3 is 15.1 Å². The maximum atomic E-state index is 13.1. The maximum absolute atomic E-state index is 13.1. The zero-order valence-electron chi connectivity index (χ0n) is 13.7. The second kappa shape index (κ2) is 7.71. The molecule has 1 aromatic carbocycles. The third-order valence-corrected chi connectivity index (χ3v) is 3.82. The summed E-state index contributed by atoms with van der Waals surface area (Å²) in [6.45, 7) is 0.408. The Balaban J connectivity index is 1.70. The molecule has 0 unspecified atom stereocenters. The van der Waals surface area contributed by atoms with E-state index in [4.69, 9.17) is 16.0 Å². The van der Waals surface area contributed by atoms with Crippen molar-refractivity contribution in [3.05, 3.63) is 76.8 Å². The highest BCUT2D eigenvalue weighted by Gasteiger charge is 2.34. The number of nitrogens with zero attached hydrogens (tertiary/aromatic N) is 1. The van der Waals surface area contributed by atoms with E-state index < -0.39 is 17.6 Å². The Bertz CT molecular complexity index is 926. The predicted molar refractivity (Wildman–Crippen MR) is 94.7 cm³/mol. The Hall–Kier alpha value is -3.00. The number of halogens is 4. The number of pyridine rings is 1. The van der Waals surface area contributed by atoms with Gasteiger partial charge in [-0.1, -0.05) is 11.6 Å². The maximum Gasteiger partial charge on any atom is 0.418 e. The molecule has 0 aliphatic rings. The molecular weight excluding hydrogens is 383 g/mol. The summed E-state index contributed by atoms with van der Waals surface area (Å²) in [5.74, 6) is 0.486. The third kappa shape index (κ3) is 4.79. The zero-order valence-corrected chi connectivity index (χ0v) is 14.4. The number of carbonyl (C=O) groups excluding carboxylic acids is 1. The molecule has 0 atom stereocenters. The fraction of sp³-hybridized carbons (Fsp3) is 0.111. The van der Waals surface area contributed by atoms with Gasteiger partial charge in [0, 0.05) is 11.2 Å². The lowest BCUT2D eigenvalue weighted by Gasteiger charge is -2.14. The van der Waals surface area contributed by atoms with Gasteiger partial charge in [0.05, 0.1) is 29.6 Å². The Morgan fingerprint density at radius 2 is 2.00 bits per heavy atom. The van der Waals surface area contributed by atoms with Gasteiger partial charge in [0.1, 0.15) is 11.6 Å². The summed E-state index contributed by atoms with van der Waals surface area (Å²) >= 11 is 5.62. The molecule has 0 bridgehead atoms. The lowest BCUT2D eigenvalue weighted by atomic mass is 10.1. The number of hydrogen-bond acceptors (Lipinski definition) is 4. The summed E-state index contributed by atoms with van der Waals surface area (Å²) in [4.78, 5) is 16.3. The summed E-state index contributed by atoms with van der Waals surface area (Å²) < 4.78 is 44.5. The fourth-order valence-electron chi connectivity index (χ4n) is 2.28. The molecule has 3 aromatic rings. The van der Waals surface area contributed by atoms with Crippen molar-refractivity contribution in [3.8, 4) is 0 Å². The second-order valence-electron chi connectivity index (χ2n) is 5.51. The first kappa shape index (κ1) is 18.8. The van der Waals surface area contributed by atoms with Crippen LogP contribution in [0.2, 0.25) is 5.02 Å². The molecule has 140 valence electrons. The number of benzene rings is 1. The standard InChI is InChI=1S/C18H13ClF3N3O2/c19-12-4-5-15(14(8-12)18(20,21)22)25-17(26)11-3-6-16(23-9-11)24-10-13-2-1-7-27-13/h1-9H,10H2,(H,23,24)(H,25,26). The lowest BCUT2D eigenvalue weighted by Crippen LogP contribution is -2.17. The van der Waals surface area contributed by atoms with Gasteiger partial charge in [0.2, 0.25) is 0 Å². The van der Waals surface area contributed by atoms with Crippen molar-refractivity contribution in [3.63, 3.8) is 0 Å². The van der Waals surface area contributed by atoms with Crippen LogP contribution in [0.5, 0.6) is 0 Å². The molecule has 0 saturated carbocycles. The SMILES string of the molecule is O=C(Nc1ccc(Cl)cc1C(F)(F)F)c1ccc(NCc2ccco2)nc1. The van der Waals surface area contributed by atoms with E-state index >= 15 is 0 Å². The van der Waals surface area contributed by atoms with Crippen LogP contribution in [0.1, 0.15) is 21.7 Å². The minimum Gasteiger partial charge on any atom is -0.467 e. The average Bonchev–Trinajstić information content (AvgIpc) is 3.14. The molecular formula is C18H13ClF3N3O2. The zero-order chi connectivity index (χ0) is 19.4. The van der Waals surface area contributed by atoms with Crippen molar-refractivity contribution in [2.75, 3.05) is 10.6 Å². The molecule has 3 rings (SSSR count). The van der Waals surface area contributed by atoms with E-state index in [-0.39, 0.29) is 16.3 Å². The van der Waals surface area contributed by atoms with Gasteiger partial charge >= 0.3 is 6.18 Å². The van der Waals surface area contributed by atoms with Crippen LogP contribution in [0, 0.1) is 0 Å². The molecule has 1 amide bonds. The van der Waals surface area contributed by atoms with E-state index in [1.807, 2.05) is 0 Å². The number of amides is 1. The highest BCUT2D eigenvalue weighted by atomic mass is 35.5. The minimum atomic E-state index is -4.65. The van der Waals surface area contributed by atoms with Crippen molar-refractivity contribution in [1.82, 2.24) is 4.98 Å². The molecule has 0 spiro atoms. The first-order valence-electron chi connectivity index (χ1n) is 7.73. The number of hydrogen-bond donors (Lipinski definition) is 2. The number of furan rings is 1. The van der Waals surface area contributed by atoms with Crippen molar-refractivity contribution >= 4 is 29.0 Å². The van der Waals surface area contributed by atoms with E-state index in [0.717, 1.165) is 12.1 Å². The van der Waals surface area contributed by atoms with Gasteiger partial charge in [-0.25, -0.2) is 4.98 Å². The third-order valence-electron chi connectivity index (χ3n) is 3.58. The van der Waals surface area contributed by atoms with Gasteiger partial charge in [-0.3, -0.25) is 4.79 Å². The smallest absolute Gasteiger partial charge is 0.418 e. The van der Waals surface area contributed by atoms with Crippen LogP contribution in [-0.2, 0) is 12.7 Å². The molecule has 0 fully saturated rings. The summed E-state index contributed by atoms with van der Waals surface area (Å²) in [6.07, 6.45) is -1.84. The molecule has 9 heteroatoms. The second-order valence-corrected chi connectivity index (χ2v) is 5.94. The normalized spacial score (nSPS) is 11.3. The van der Waals surface area contributed by atoms with Crippen molar-refractivity contribution < 1.29 is 22.4 Å². The Morgan fingerprint density at radius 1 is 1.19 bits per heavy atom. The van der Waals surface area contributed by atoms with Gasteiger partial charge in [0.15, 0.2) is 0 Å². The van der Waals surface area contributed by atoms with Crippen LogP contribution >= 0.6 is 11.6 Å². The number of anilines is 2. The van der Waals surface area contributed by atoms with Crippen molar-refractivity contribution in [2.45, 2.75) is 12.7 Å². The van der Waals surface area contributed by atoms with Crippen LogP contribution in [0.4, 0.5) is 24.7 Å². The van der Waals surface area contributed by atoms with Crippen LogP contribution in [-0.4, -0.2) is 10.9 Å². The fourth-order valence-corrected chi connectivity index (χ4v) is 2.45. The molecule has 0 aliphatic carbocycles. The largest absolute Gasteiger partial charge is 0.467 e. The van der Waals surface area contributed by atoms with Crippen LogP contribution in [0.15, 0.2) is 59.3 Å². The van der Waals surface area contributed by atoms with Crippen molar-refractivity contribution in [1.29, 1.82) is 0 Å². The summed E-state index contributed by atoms with van der Waals surface area (Å²) in [6, 6.07) is 9.68. The van der Waals surface area contributed by atoms with Gasteiger partial charge in [-0.05, 0) is 42.5 Å². The number of rotatable bonds is 5. The first-order valence-corrected chi connectivity index (χ1v) is 8.11. The molecule has 27 heavy (non-hydrogen) atoms. The van der Waals surface area contributed by atoms with Crippen LogP contribution in [0.3, 0.4) is 0 Å². The molecule has 0 radical (unpaired) electrons. The molecule has 2 heterocycles. The van der Waals surface area contributed by atoms with E-state index in [0.29, 0.717) is 18.1 Å². The van der Waals surface area contributed by atoms with E-state index in [1.54, 1.807) is 24.5 Å². The quantitative estimate of drug-likeness (QED) is 0.622. The summed E-state index contributed by atoms with van der Waals surface area (Å²) in [5, 5.41) is 5.16. The Labute approximate surface area is 157 Å². The minimum absolute atomic E-state index is 0.0750. The van der Waals surface area contributed by atoms with Crippen molar-refractivity contribution in [2.24, 2.45) is 0 Å². The number of nitrogens with one attached hydrogen (secondary N) is 2. The molecule has 0 aliphatic heterocycles. The highest BCUT2D eigenvalue weighted by molar-refractivity contribution is 6.30. The van der Waals surface area contributed by atoms with Crippen LogP contribution in [0.25, 0.3) is 0 Å². The van der Waals surface area contributed by atoms with E-state index in [2.05, 4.69) is 15.6 Å². The van der Waals surface area contributed by atoms with Gasteiger partial charge in [-0.2, -0.15) is 13.2 Å². The topological polar surface area (TPSA) is 67.2 Å². The Morgan fingerprint density at radius 3 is 2.63 bits per heavy atom. The Kier molecular flexibility index (Phi) is 5.36. The predicted octanol–water partition coefficient (Wildman–Crippen LogP) is 5.21. The number of alkyl halides is 3. The van der Waals surface area contributed by atoms with Crippen LogP contribution < -0.4 is 10.6 Å². The first-order chi connectivity index (χ1) is 12.8.